The van der Waals surface area contributed by atoms with E-state index in [1.807, 2.05) is 43.7 Å². The van der Waals surface area contributed by atoms with Crippen LogP contribution < -0.4 is 0 Å². The van der Waals surface area contributed by atoms with Crippen LogP contribution in [0.5, 0.6) is 0 Å². The first kappa shape index (κ1) is 11.0. The lowest BCUT2D eigenvalue weighted by Crippen LogP contribution is -1.98. The first-order chi connectivity index (χ1) is 8.78. The molecule has 0 aliphatic rings. The van der Waals surface area contributed by atoms with Gasteiger partial charge in [0, 0.05) is 30.3 Å². The van der Waals surface area contributed by atoms with Crippen molar-refractivity contribution >= 4 is 10.9 Å². The second-order valence-corrected chi connectivity index (χ2v) is 4.34. The predicted molar refractivity (Wildman–Crippen MR) is 68.0 cm³/mol. The van der Waals surface area contributed by atoms with Gasteiger partial charge in [0.05, 0.1) is 13.2 Å². The van der Waals surface area contributed by atoms with E-state index in [4.69, 9.17) is 0 Å². The number of rotatable bonds is 3. The number of aliphatic hydroxyl groups is 1. The summed E-state index contributed by atoms with van der Waals surface area (Å²) >= 11 is 0. The maximum Gasteiger partial charge on any atom is 0.102 e. The van der Waals surface area contributed by atoms with E-state index in [1.54, 1.807) is 4.68 Å². The smallest absolute Gasteiger partial charge is 0.102 e. The third kappa shape index (κ3) is 1.78. The van der Waals surface area contributed by atoms with Crippen molar-refractivity contribution in [2.24, 2.45) is 7.05 Å². The fraction of sp³-hybridized carbons (Fsp3) is 0.231. The first-order valence-electron chi connectivity index (χ1n) is 5.81. The number of aromatic nitrogens is 4. The highest BCUT2D eigenvalue weighted by Gasteiger charge is 2.06. The Morgan fingerprint density at radius 3 is 2.89 bits per heavy atom. The van der Waals surface area contributed by atoms with E-state index in [2.05, 4.69) is 14.9 Å². The topological polar surface area (TPSA) is 55.9 Å². The molecule has 3 rings (SSSR count). The molecule has 0 amide bonds. The molecule has 0 fully saturated rings. The van der Waals surface area contributed by atoms with Gasteiger partial charge in [-0.25, -0.2) is 0 Å². The minimum absolute atomic E-state index is 0.0620. The van der Waals surface area contributed by atoms with Crippen LogP contribution in [0.25, 0.3) is 10.9 Å². The van der Waals surface area contributed by atoms with Crippen LogP contribution in [-0.4, -0.2) is 24.7 Å². The zero-order chi connectivity index (χ0) is 12.5. The molecule has 5 nitrogen and oxygen atoms in total. The molecule has 3 aromatic rings. The second kappa shape index (κ2) is 4.27. The molecule has 1 aromatic carbocycles. The molecule has 0 saturated heterocycles. The molecule has 0 saturated carbocycles. The molecule has 5 heteroatoms. The molecule has 0 aliphatic carbocycles. The van der Waals surface area contributed by atoms with Gasteiger partial charge in [0.2, 0.25) is 0 Å². The predicted octanol–water partition coefficient (Wildman–Crippen LogP) is 1.31. The zero-order valence-electron chi connectivity index (χ0n) is 10.1. The number of nitrogens with zero attached hydrogens (tertiary/aromatic N) is 4. The summed E-state index contributed by atoms with van der Waals surface area (Å²) in [4.78, 5) is 0. The van der Waals surface area contributed by atoms with Gasteiger partial charge in [-0.3, -0.25) is 4.68 Å². The summed E-state index contributed by atoms with van der Waals surface area (Å²) in [6, 6.07) is 7.97. The van der Waals surface area contributed by atoms with Crippen LogP contribution in [0, 0.1) is 0 Å². The van der Waals surface area contributed by atoms with Gasteiger partial charge in [-0.2, -0.15) is 0 Å². The van der Waals surface area contributed by atoms with Crippen molar-refractivity contribution in [3.63, 3.8) is 0 Å². The molecule has 92 valence electrons. The van der Waals surface area contributed by atoms with Crippen molar-refractivity contribution in [3.05, 3.63) is 47.9 Å². The Labute approximate surface area is 104 Å². The molecule has 0 radical (unpaired) electrons. The summed E-state index contributed by atoms with van der Waals surface area (Å²) in [5, 5.41) is 18.4. The van der Waals surface area contributed by atoms with E-state index < -0.39 is 0 Å². The highest BCUT2D eigenvalue weighted by Crippen LogP contribution is 2.20. The van der Waals surface area contributed by atoms with Crippen molar-refractivity contribution in [1.82, 2.24) is 19.6 Å². The summed E-state index contributed by atoms with van der Waals surface area (Å²) < 4.78 is 3.80. The maximum atomic E-state index is 9.30. The molecule has 2 heterocycles. The van der Waals surface area contributed by atoms with E-state index in [0.29, 0.717) is 6.54 Å². The maximum absolute atomic E-state index is 9.30. The molecular formula is C13H14N4O. The summed E-state index contributed by atoms with van der Waals surface area (Å²) in [5.74, 6) is 0. The third-order valence-electron chi connectivity index (χ3n) is 3.06. The highest BCUT2D eigenvalue weighted by atomic mass is 16.3. The first-order valence-corrected chi connectivity index (χ1v) is 5.81. The fourth-order valence-corrected chi connectivity index (χ4v) is 2.21. The summed E-state index contributed by atoms with van der Waals surface area (Å²) in [5.41, 5.74) is 2.97. The standard InChI is InChI=1S/C13H14N4O/c1-16-7-11(14-15-16)8-17-6-5-12-10(9-18)3-2-4-13(12)17/h2-7,18H,8-9H2,1H3. The molecule has 1 N–H and O–H groups in total. The Hall–Kier alpha value is -2.14. The Kier molecular flexibility index (Phi) is 2.60. The number of aliphatic hydroxyl groups excluding tert-OH is 1. The highest BCUT2D eigenvalue weighted by molar-refractivity contribution is 5.83. The zero-order valence-corrected chi connectivity index (χ0v) is 10.1. The quantitative estimate of drug-likeness (QED) is 0.753. The number of aryl methyl sites for hydroxylation is 1. The van der Waals surface area contributed by atoms with Gasteiger partial charge in [-0.1, -0.05) is 17.3 Å². The summed E-state index contributed by atoms with van der Waals surface area (Å²) in [6.45, 7) is 0.749. The number of hydrogen-bond donors (Lipinski definition) is 1. The minimum Gasteiger partial charge on any atom is -0.392 e. The van der Waals surface area contributed by atoms with E-state index in [0.717, 1.165) is 22.2 Å². The average molecular weight is 242 g/mol. The second-order valence-electron chi connectivity index (χ2n) is 4.34. The molecular weight excluding hydrogens is 228 g/mol. The third-order valence-corrected chi connectivity index (χ3v) is 3.06. The fourth-order valence-electron chi connectivity index (χ4n) is 2.21. The Balaban J connectivity index is 2.02. The molecule has 0 spiro atoms. The monoisotopic (exact) mass is 242 g/mol. The Morgan fingerprint density at radius 2 is 2.17 bits per heavy atom. The lowest BCUT2D eigenvalue weighted by molar-refractivity contribution is 0.283. The molecule has 0 atom stereocenters. The van der Waals surface area contributed by atoms with Crippen LogP contribution in [0.3, 0.4) is 0 Å². The van der Waals surface area contributed by atoms with Gasteiger partial charge >= 0.3 is 0 Å². The van der Waals surface area contributed by atoms with Crippen molar-refractivity contribution in [2.45, 2.75) is 13.2 Å². The van der Waals surface area contributed by atoms with Crippen LogP contribution in [0.4, 0.5) is 0 Å². The number of hydrogen-bond acceptors (Lipinski definition) is 3. The SMILES string of the molecule is Cn1cc(Cn2ccc3c(CO)cccc32)nn1. The van der Waals surface area contributed by atoms with Crippen molar-refractivity contribution in [3.8, 4) is 0 Å². The Bertz CT molecular complexity index is 683. The van der Waals surface area contributed by atoms with Crippen LogP contribution in [0.15, 0.2) is 36.7 Å². The molecule has 0 unspecified atom stereocenters. The largest absolute Gasteiger partial charge is 0.392 e. The van der Waals surface area contributed by atoms with Gasteiger partial charge in [-0.05, 0) is 17.7 Å². The molecule has 18 heavy (non-hydrogen) atoms. The Morgan fingerprint density at radius 1 is 1.28 bits per heavy atom. The lowest BCUT2D eigenvalue weighted by atomic mass is 10.1. The minimum atomic E-state index is 0.0620. The summed E-state index contributed by atoms with van der Waals surface area (Å²) in [6.07, 6.45) is 3.92. The molecule has 2 aromatic heterocycles. The van der Waals surface area contributed by atoms with Crippen molar-refractivity contribution < 1.29 is 5.11 Å². The number of fused-ring (bicyclic) bond motifs is 1. The van der Waals surface area contributed by atoms with Crippen molar-refractivity contribution in [2.75, 3.05) is 0 Å². The number of benzene rings is 1. The van der Waals surface area contributed by atoms with Gasteiger partial charge in [0.1, 0.15) is 5.69 Å². The normalized spacial score (nSPS) is 11.2. The van der Waals surface area contributed by atoms with E-state index in [1.165, 1.54) is 0 Å². The van der Waals surface area contributed by atoms with Crippen molar-refractivity contribution in [1.29, 1.82) is 0 Å². The van der Waals surface area contributed by atoms with Crippen LogP contribution in [0.1, 0.15) is 11.3 Å². The van der Waals surface area contributed by atoms with Crippen LogP contribution in [0.2, 0.25) is 0 Å². The van der Waals surface area contributed by atoms with E-state index in [-0.39, 0.29) is 6.61 Å². The van der Waals surface area contributed by atoms with Gasteiger partial charge < -0.3 is 9.67 Å². The lowest BCUT2D eigenvalue weighted by Gasteiger charge is -2.04. The van der Waals surface area contributed by atoms with E-state index >= 15 is 0 Å². The molecule has 0 bridgehead atoms. The van der Waals surface area contributed by atoms with Gasteiger partial charge in [0.15, 0.2) is 0 Å². The summed E-state index contributed by atoms with van der Waals surface area (Å²) in [7, 11) is 1.86. The van der Waals surface area contributed by atoms with Gasteiger partial charge in [0.25, 0.3) is 0 Å². The molecule has 0 aliphatic heterocycles. The van der Waals surface area contributed by atoms with E-state index in [9.17, 15) is 5.11 Å². The van der Waals surface area contributed by atoms with Gasteiger partial charge in [-0.15, -0.1) is 5.10 Å². The average Bonchev–Trinajstić information content (AvgIpc) is 2.97. The van der Waals surface area contributed by atoms with Crippen LogP contribution in [-0.2, 0) is 20.2 Å². The van der Waals surface area contributed by atoms with Crippen LogP contribution >= 0.6 is 0 Å².